The maximum Gasteiger partial charge on any atom is 0.250 e. The Bertz CT molecular complexity index is 897. The molecule has 0 unspecified atom stereocenters. The van der Waals surface area contributed by atoms with Crippen molar-refractivity contribution >= 4 is 32.7 Å². The lowest BCUT2D eigenvalue weighted by atomic mass is 10.0. The molecule has 24 heavy (non-hydrogen) atoms. The lowest BCUT2D eigenvalue weighted by molar-refractivity contribution is 0.182. The summed E-state index contributed by atoms with van der Waals surface area (Å²) in [4.78, 5) is 0.931. The number of sulfonamides is 1. The summed E-state index contributed by atoms with van der Waals surface area (Å²) < 4.78 is 27.1. The van der Waals surface area contributed by atoms with Crippen molar-refractivity contribution in [2.75, 3.05) is 6.54 Å². The largest absolute Gasteiger partial charge is 0.387 e. The van der Waals surface area contributed by atoms with Crippen LogP contribution in [0.2, 0.25) is 0 Å². The number of aliphatic hydroxyl groups is 1. The van der Waals surface area contributed by atoms with E-state index in [-0.39, 0.29) is 10.8 Å². The molecule has 0 radical (unpaired) electrons. The van der Waals surface area contributed by atoms with E-state index in [4.69, 9.17) is 0 Å². The van der Waals surface area contributed by atoms with Gasteiger partial charge in [0.05, 0.1) is 6.10 Å². The Morgan fingerprint density at radius 1 is 1.08 bits per heavy atom. The summed E-state index contributed by atoms with van der Waals surface area (Å²) in [6.45, 7) is 1.80. The van der Waals surface area contributed by atoms with Gasteiger partial charge in [0, 0.05) is 11.4 Å². The summed E-state index contributed by atoms with van der Waals surface area (Å²) in [6, 6.07) is 12.9. The van der Waals surface area contributed by atoms with Crippen molar-refractivity contribution in [3.8, 4) is 11.1 Å². The van der Waals surface area contributed by atoms with E-state index in [0.717, 1.165) is 16.0 Å². The Balaban J connectivity index is 1.65. The van der Waals surface area contributed by atoms with Gasteiger partial charge in [0.15, 0.2) is 0 Å². The van der Waals surface area contributed by atoms with Crippen LogP contribution in [-0.4, -0.2) is 20.1 Å². The van der Waals surface area contributed by atoms with Gasteiger partial charge >= 0.3 is 0 Å². The predicted molar refractivity (Wildman–Crippen MR) is 99.0 cm³/mol. The zero-order chi connectivity index (χ0) is 17.2. The van der Waals surface area contributed by atoms with Crippen LogP contribution >= 0.6 is 22.7 Å². The van der Waals surface area contributed by atoms with Gasteiger partial charge < -0.3 is 5.11 Å². The molecule has 3 aromatic rings. The average Bonchev–Trinajstić information content (AvgIpc) is 3.24. The zero-order valence-corrected chi connectivity index (χ0v) is 15.4. The molecule has 0 amide bonds. The molecular weight excluding hydrogens is 362 g/mol. The summed E-state index contributed by atoms with van der Waals surface area (Å²) in [5.74, 6) is 0. The van der Waals surface area contributed by atoms with Gasteiger partial charge in [-0.2, -0.15) is 11.3 Å². The monoisotopic (exact) mass is 379 g/mol. The van der Waals surface area contributed by atoms with Gasteiger partial charge in [0.25, 0.3) is 0 Å². The fourth-order valence-electron chi connectivity index (χ4n) is 2.26. The van der Waals surface area contributed by atoms with Gasteiger partial charge in [-0.3, -0.25) is 0 Å². The molecule has 0 spiro atoms. The Morgan fingerprint density at radius 2 is 1.83 bits per heavy atom. The molecule has 0 bridgehead atoms. The molecule has 126 valence electrons. The highest BCUT2D eigenvalue weighted by Gasteiger charge is 2.18. The van der Waals surface area contributed by atoms with Crippen molar-refractivity contribution in [2.45, 2.75) is 17.2 Å². The van der Waals surface area contributed by atoms with Crippen LogP contribution in [-0.2, 0) is 10.0 Å². The van der Waals surface area contributed by atoms with Gasteiger partial charge in [0.1, 0.15) is 4.21 Å². The molecule has 0 fully saturated rings. The van der Waals surface area contributed by atoms with Crippen LogP contribution in [0.3, 0.4) is 0 Å². The molecule has 1 atom stereocenters. The van der Waals surface area contributed by atoms with Crippen molar-refractivity contribution in [2.24, 2.45) is 0 Å². The number of hydrogen-bond acceptors (Lipinski definition) is 5. The molecule has 4 nitrogen and oxygen atoms in total. The first-order valence-corrected chi connectivity index (χ1v) is 10.6. The Labute approximate surface area is 149 Å². The van der Waals surface area contributed by atoms with E-state index in [2.05, 4.69) is 10.1 Å². The lowest BCUT2D eigenvalue weighted by Crippen LogP contribution is -2.28. The van der Waals surface area contributed by atoms with Gasteiger partial charge in [0.2, 0.25) is 10.0 Å². The predicted octanol–water partition coefficient (Wildman–Crippen LogP) is 3.80. The van der Waals surface area contributed by atoms with Gasteiger partial charge in [-0.25, -0.2) is 13.1 Å². The third kappa shape index (κ3) is 3.93. The number of benzene rings is 1. The fourth-order valence-corrected chi connectivity index (χ4v) is 5.29. The number of rotatable bonds is 6. The quantitative estimate of drug-likeness (QED) is 0.685. The van der Waals surface area contributed by atoms with Gasteiger partial charge in [-0.15, -0.1) is 11.3 Å². The van der Waals surface area contributed by atoms with Crippen molar-refractivity contribution in [3.05, 3.63) is 63.7 Å². The SMILES string of the molecule is Cc1ccc(S(=O)(=O)NC[C@H](O)c2ccc(-c3ccsc3)cc2)s1. The lowest BCUT2D eigenvalue weighted by Gasteiger charge is -2.12. The van der Waals surface area contributed by atoms with Crippen LogP contribution in [0.25, 0.3) is 11.1 Å². The molecule has 0 saturated heterocycles. The van der Waals surface area contributed by atoms with E-state index in [1.54, 1.807) is 23.5 Å². The van der Waals surface area contributed by atoms with Crippen LogP contribution in [0.15, 0.2) is 57.4 Å². The first-order chi connectivity index (χ1) is 11.5. The zero-order valence-electron chi connectivity index (χ0n) is 13.0. The van der Waals surface area contributed by atoms with Crippen molar-refractivity contribution in [3.63, 3.8) is 0 Å². The van der Waals surface area contributed by atoms with E-state index >= 15 is 0 Å². The molecule has 0 aliphatic heterocycles. The van der Waals surface area contributed by atoms with Crippen molar-refractivity contribution in [1.82, 2.24) is 4.72 Å². The highest BCUT2D eigenvalue weighted by atomic mass is 32.2. The van der Waals surface area contributed by atoms with E-state index in [1.165, 1.54) is 11.3 Å². The number of nitrogens with one attached hydrogen (secondary N) is 1. The van der Waals surface area contributed by atoms with Crippen LogP contribution < -0.4 is 4.72 Å². The number of hydrogen-bond donors (Lipinski definition) is 2. The molecule has 0 saturated carbocycles. The second kappa shape index (κ2) is 7.16. The summed E-state index contributed by atoms with van der Waals surface area (Å²) in [5.41, 5.74) is 2.88. The Kier molecular flexibility index (Phi) is 5.17. The smallest absolute Gasteiger partial charge is 0.250 e. The van der Waals surface area contributed by atoms with E-state index in [9.17, 15) is 13.5 Å². The topological polar surface area (TPSA) is 66.4 Å². The first-order valence-electron chi connectivity index (χ1n) is 7.32. The van der Waals surface area contributed by atoms with Crippen LogP contribution in [0.4, 0.5) is 0 Å². The third-order valence-corrected chi connectivity index (χ3v) is 7.20. The third-order valence-electron chi connectivity index (χ3n) is 3.60. The Morgan fingerprint density at radius 3 is 2.42 bits per heavy atom. The highest BCUT2D eigenvalue weighted by Crippen LogP contribution is 2.24. The van der Waals surface area contributed by atoms with Gasteiger partial charge in [-0.1, -0.05) is 24.3 Å². The summed E-state index contributed by atoms with van der Waals surface area (Å²) in [5, 5.41) is 14.3. The normalized spacial score (nSPS) is 13.1. The molecule has 2 heterocycles. The molecule has 7 heteroatoms. The van der Waals surface area contributed by atoms with Crippen molar-refractivity contribution in [1.29, 1.82) is 0 Å². The molecular formula is C17H17NO3S3. The standard InChI is InChI=1S/C17H17NO3S3/c1-12-2-7-17(23-12)24(20,21)18-10-16(19)14-5-3-13(4-6-14)15-8-9-22-11-15/h2-9,11,16,18-19H,10H2,1H3/t16-/m0/s1. The maximum absolute atomic E-state index is 12.2. The van der Waals surface area contributed by atoms with Crippen LogP contribution in [0, 0.1) is 6.92 Å². The summed E-state index contributed by atoms with van der Waals surface area (Å²) in [6.07, 6.45) is -0.891. The first kappa shape index (κ1) is 17.3. The van der Waals surface area contributed by atoms with Crippen LogP contribution in [0.5, 0.6) is 0 Å². The molecule has 2 N–H and O–H groups in total. The van der Waals surface area contributed by atoms with E-state index in [0.29, 0.717) is 5.56 Å². The number of aryl methyl sites for hydroxylation is 1. The molecule has 3 rings (SSSR count). The van der Waals surface area contributed by atoms with Gasteiger partial charge in [-0.05, 0) is 52.6 Å². The number of aliphatic hydroxyl groups excluding tert-OH is 1. The fraction of sp³-hybridized carbons (Fsp3) is 0.176. The van der Waals surface area contributed by atoms with Crippen molar-refractivity contribution < 1.29 is 13.5 Å². The maximum atomic E-state index is 12.2. The summed E-state index contributed by atoms with van der Waals surface area (Å²) >= 11 is 2.84. The second-order valence-electron chi connectivity index (χ2n) is 5.37. The Hall–Kier alpha value is -1.51. The molecule has 0 aliphatic carbocycles. The second-order valence-corrected chi connectivity index (χ2v) is 9.43. The molecule has 2 aromatic heterocycles. The minimum atomic E-state index is -3.58. The number of thiophene rings is 2. The molecule has 0 aliphatic rings. The van der Waals surface area contributed by atoms with E-state index in [1.807, 2.05) is 42.6 Å². The average molecular weight is 380 g/mol. The van der Waals surface area contributed by atoms with E-state index < -0.39 is 16.1 Å². The molecule has 1 aromatic carbocycles. The summed E-state index contributed by atoms with van der Waals surface area (Å²) in [7, 11) is -3.58. The highest BCUT2D eigenvalue weighted by molar-refractivity contribution is 7.91. The minimum Gasteiger partial charge on any atom is -0.387 e. The van der Waals surface area contributed by atoms with Crippen LogP contribution in [0.1, 0.15) is 16.5 Å². The minimum absolute atomic E-state index is 0.0585.